The van der Waals surface area contributed by atoms with Gasteiger partial charge in [0.25, 0.3) is 5.85 Å². The summed E-state index contributed by atoms with van der Waals surface area (Å²) in [7, 11) is -2.16. The van der Waals surface area contributed by atoms with E-state index in [0.29, 0.717) is 30.2 Å². The lowest BCUT2D eigenvalue weighted by Gasteiger charge is -2.32. The molecule has 0 fully saturated rings. The number of methoxy groups -OCH3 is 1. The lowest BCUT2D eigenvalue weighted by Crippen LogP contribution is -2.44. The third-order valence-electron chi connectivity index (χ3n) is 3.24. The molecule has 0 amide bonds. The van der Waals surface area contributed by atoms with Gasteiger partial charge in [-0.05, 0) is 25.1 Å². The number of ether oxygens (including phenoxy) is 1. The Morgan fingerprint density at radius 1 is 1.45 bits per heavy atom. The van der Waals surface area contributed by atoms with Gasteiger partial charge in [-0.2, -0.15) is 4.99 Å². The van der Waals surface area contributed by atoms with E-state index in [9.17, 15) is 9.46 Å². The van der Waals surface area contributed by atoms with Gasteiger partial charge in [0.05, 0.1) is 7.11 Å². The number of hydroxylamine groups is 2. The fourth-order valence-electron chi connectivity index (χ4n) is 2.25. The molecule has 8 heteroatoms. The van der Waals surface area contributed by atoms with E-state index in [4.69, 9.17) is 14.1 Å². The molecule has 0 aliphatic carbocycles. The first-order chi connectivity index (χ1) is 10.3. The lowest BCUT2D eigenvalue weighted by molar-refractivity contribution is -0.209. The van der Waals surface area contributed by atoms with Crippen LogP contribution in [0.1, 0.15) is 25.8 Å². The van der Waals surface area contributed by atoms with Gasteiger partial charge in [0.1, 0.15) is 5.75 Å². The summed E-state index contributed by atoms with van der Waals surface area (Å²) in [4.78, 5) is 19.7. The molecule has 1 aliphatic heterocycles. The van der Waals surface area contributed by atoms with Crippen molar-refractivity contribution in [2.24, 2.45) is 4.99 Å². The molecule has 22 heavy (non-hydrogen) atoms. The Morgan fingerprint density at radius 2 is 2.18 bits per heavy atom. The minimum absolute atomic E-state index is 0.330. The second-order valence-electron chi connectivity index (χ2n) is 4.93. The van der Waals surface area contributed by atoms with Gasteiger partial charge in [0, 0.05) is 25.2 Å². The lowest BCUT2D eigenvalue weighted by atomic mass is 10.2. The van der Waals surface area contributed by atoms with E-state index in [0.717, 1.165) is 6.66 Å². The molecule has 0 aromatic heterocycles. The van der Waals surface area contributed by atoms with Gasteiger partial charge in [0.2, 0.25) is 5.90 Å². The van der Waals surface area contributed by atoms with Crippen LogP contribution in [0.4, 0.5) is 0 Å². The van der Waals surface area contributed by atoms with E-state index in [1.54, 1.807) is 13.2 Å². The van der Waals surface area contributed by atoms with Gasteiger partial charge in [0.15, 0.2) is 0 Å². The Kier molecular flexibility index (Phi) is 4.92. The van der Waals surface area contributed by atoms with E-state index >= 15 is 0 Å². The van der Waals surface area contributed by atoms with Gasteiger partial charge in [-0.1, -0.05) is 18.1 Å². The SMILES string of the molecule is CCN1OC(c2cccc(OC)c2)=NC1(CC)OP(C)(=O)O. The van der Waals surface area contributed by atoms with Crippen molar-refractivity contribution < 1.29 is 23.6 Å². The number of aliphatic imine (C=N–C) groups is 1. The molecule has 2 atom stereocenters. The maximum Gasteiger partial charge on any atom is 0.328 e. The molecule has 1 aliphatic rings. The summed E-state index contributed by atoms with van der Waals surface area (Å²) in [6.07, 6.45) is 0.368. The first kappa shape index (κ1) is 17.0. The Morgan fingerprint density at radius 3 is 2.73 bits per heavy atom. The highest BCUT2D eigenvalue weighted by molar-refractivity contribution is 7.51. The molecule has 0 saturated heterocycles. The zero-order valence-electron chi connectivity index (χ0n) is 13.1. The van der Waals surface area contributed by atoms with Crippen LogP contribution in [0.15, 0.2) is 29.3 Å². The summed E-state index contributed by atoms with van der Waals surface area (Å²) >= 11 is 0. The van der Waals surface area contributed by atoms with Crippen LogP contribution in [0.25, 0.3) is 0 Å². The molecule has 122 valence electrons. The third-order valence-corrected chi connectivity index (χ3v) is 3.87. The van der Waals surface area contributed by atoms with Crippen LogP contribution in [0.3, 0.4) is 0 Å². The molecule has 0 spiro atoms. The summed E-state index contributed by atoms with van der Waals surface area (Å²) in [5.41, 5.74) is 0.709. The van der Waals surface area contributed by atoms with Crippen molar-refractivity contribution in [3.05, 3.63) is 29.8 Å². The normalized spacial score (nSPS) is 24.5. The molecular formula is C14H21N2O5P. The van der Waals surface area contributed by atoms with Crippen LogP contribution < -0.4 is 4.74 Å². The maximum atomic E-state index is 11.7. The van der Waals surface area contributed by atoms with E-state index < -0.39 is 13.4 Å². The summed E-state index contributed by atoms with van der Waals surface area (Å²) < 4.78 is 22.2. The zero-order chi connectivity index (χ0) is 16.4. The summed E-state index contributed by atoms with van der Waals surface area (Å²) in [5, 5.41) is 1.47. The quantitative estimate of drug-likeness (QED) is 0.809. The Hall–Kier alpha value is -1.40. The monoisotopic (exact) mass is 328 g/mol. The van der Waals surface area contributed by atoms with Crippen LogP contribution in [0, 0.1) is 0 Å². The standard InChI is InChI=1S/C14H21N2O5P/c1-5-14(21-22(4,17)18)15-13(20-16(14)6-2)11-8-7-9-12(10-11)19-3/h7-10H,5-6H2,1-4H3,(H,17,18). The van der Waals surface area contributed by atoms with Gasteiger partial charge in [-0.3, -0.25) is 9.09 Å². The Balaban J connectivity index is 2.41. The van der Waals surface area contributed by atoms with Crippen molar-refractivity contribution in [3.63, 3.8) is 0 Å². The number of nitrogens with zero attached hydrogens (tertiary/aromatic N) is 2. The highest BCUT2D eigenvalue weighted by Crippen LogP contribution is 2.47. The minimum Gasteiger partial charge on any atom is -0.497 e. The van der Waals surface area contributed by atoms with Crippen LogP contribution in [0.2, 0.25) is 0 Å². The van der Waals surface area contributed by atoms with Crippen molar-refractivity contribution in [3.8, 4) is 5.75 Å². The van der Waals surface area contributed by atoms with Crippen molar-refractivity contribution in [2.75, 3.05) is 20.3 Å². The van der Waals surface area contributed by atoms with Crippen molar-refractivity contribution in [2.45, 2.75) is 26.1 Å². The molecule has 0 bridgehead atoms. The van der Waals surface area contributed by atoms with Crippen molar-refractivity contribution in [1.29, 1.82) is 0 Å². The second-order valence-corrected chi connectivity index (χ2v) is 6.71. The molecule has 0 saturated carbocycles. The predicted molar refractivity (Wildman–Crippen MR) is 82.9 cm³/mol. The highest BCUT2D eigenvalue weighted by Gasteiger charge is 2.47. The average Bonchev–Trinajstić information content (AvgIpc) is 2.84. The minimum atomic E-state index is -3.73. The molecule has 1 aromatic carbocycles. The van der Waals surface area contributed by atoms with Crippen LogP contribution in [0.5, 0.6) is 5.75 Å². The third kappa shape index (κ3) is 3.50. The summed E-state index contributed by atoms with van der Waals surface area (Å²) in [6, 6.07) is 7.24. The van der Waals surface area contributed by atoms with E-state index in [2.05, 4.69) is 4.99 Å². The summed E-state index contributed by atoms with van der Waals surface area (Å²) in [6.45, 7) is 5.26. The van der Waals surface area contributed by atoms with Crippen LogP contribution >= 0.6 is 7.60 Å². The van der Waals surface area contributed by atoms with Crippen molar-refractivity contribution in [1.82, 2.24) is 5.06 Å². The zero-order valence-corrected chi connectivity index (χ0v) is 14.0. The molecule has 1 heterocycles. The fourth-order valence-corrected chi connectivity index (χ4v) is 3.06. The van der Waals surface area contributed by atoms with E-state index in [-0.39, 0.29) is 0 Å². The van der Waals surface area contributed by atoms with Gasteiger partial charge in [-0.25, -0.2) is 0 Å². The molecule has 7 nitrogen and oxygen atoms in total. The van der Waals surface area contributed by atoms with Gasteiger partial charge in [-0.15, -0.1) is 0 Å². The van der Waals surface area contributed by atoms with Gasteiger partial charge >= 0.3 is 7.60 Å². The average molecular weight is 328 g/mol. The smallest absolute Gasteiger partial charge is 0.328 e. The highest BCUT2D eigenvalue weighted by atomic mass is 31.2. The number of hydrogen-bond acceptors (Lipinski definition) is 6. The molecule has 0 radical (unpaired) electrons. The molecule has 1 aromatic rings. The Labute approximate surface area is 130 Å². The van der Waals surface area contributed by atoms with E-state index in [1.807, 2.05) is 32.0 Å². The first-order valence-electron chi connectivity index (χ1n) is 7.04. The number of hydrogen-bond donors (Lipinski definition) is 1. The van der Waals surface area contributed by atoms with E-state index in [1.165, 1.54) is 5.06 Å². The predicted octanol–water partition coefficient (Wildman–Crippen LogP) is 2.60. The summed E-state index contributed by atoms with van der Waals surface area (Å²) in [5.74, 6) is -0.298. The fraction of sp³-hybridized carbons (Fsp3) is 0.500. The molecular weight excluding hydrogens is 307 g/mol. The van der Waals surface area contributed by atoms with Crippen LogP contribution in [-0.4, -0.2) is 42.0 Å². The second kappa shape index (κ2) is 6.38. The van der Waals surface area contributed by atoms with Crippen molar-refractivity contribution >= 4 is 13.5 Å². The van der Waals surface area contributed by atoms with Gasteiger partial charge < -0.3 is 14.5 Å². The Bertz CT molecular complexity index is 615. The molecule has 1 N–H and O–H groups in total. The topological polar surface area (TPSA) is 80.6 Å². The number of rotatable bonds is 6. The first-order valence-corrected chi connectivity index (χ1v) is 9.07. The molecule has 2 rings (SSSR count). The molecule has 2 unspecified atom stereocenters. The van der Waals surface area contributed by atoms with Crippen LogP contribution in [-0.2, 0) is 13.9 Å². The number of benzene rings is 1. The maximum absolute atomic E-state index is 11.7. The largest absolute Gasteiger partial charge is 0.497 e.